The first kappa shape index (κ1) is 31.0. The molecule has 0 radical (unpaired) electrons. The maximum atomic E-state index is 2.62. The predicted molar refractivity (Wildman–Crippen MR) is 223 cm³/mol. The van der Waals surface area contributed by atoms with Gasteiger partial charge in [0, 0.05) is 38.6 Å². The Morgan fingerprint density at radius 1 is 0.528 bits per heavy atom. The molecule has 2 nitrogen and oxygen atoms in total. The third-order valence-electron chi connectivity index (χ3n) is 13.5. The second-order valence-corrected chi connectivity index (χ2v) is 16.4. The van der Waals surface area contributed by atoms with Gasteiger partial charge >= 0.3 is 0 Å². The van der Waals surface area contributed by atoms with Crippen LogP contribution in [0.25, 0.3) is 49.4 Å². The van der Waals surface area contributed by atoms with E-state index in [9.17, 15) is 0 Å². The third kappa shape index (κ3) is 4.45. The molecule has 1 heterocycles. The van der Waals surface area contributed by atoms with Gasteiger partial charge in [-0.05, 0) is 126 Å². The highest BCUT2D eigenvalue weighted by molar-refractivity contribution is 6.11. The number of benzene rings is 7. The van der Waals surface area contributed by atoms with E-state index in [1.165, 1.54) is 92.1 Å². The zero-order chi connectivity index (χ0) is 35.3. The molecular formula is C51H44N2. The fourth-order valence-electron chi connectivity index (χ4n) is 11.6. The van der Waals surface area contributed by atoms with E-state index >= 15 is 0 Å². The number of hydrogen-bond acceptors (Lipinski definition) is 1. The molecule has 11 rings (SSSR count). The lowest BCUT2D eigenvalue weighted by atomic mass is 9.49. The molecule has 1 spiro atoms. The van der Waals surface area contributed by atoms with Crippen LogP contribution in [0.1, 0.15) is 50.7 Å². The second kappa shape index (κ2) is 11.7. The summed E-state index contributed by atoms with van der Waals surface area (Å²) in [5.74, 6) is 2.86. The number of aromatic nitrogens is 1. The molecule has 5 atom stereocenters. The van der Waals surface area contributed by atoms with Gasteiger partial charge in [0.1, 0.15) is 0 Å². The molecule has 8 aromatic rings. The number of nitrogens with zero attached hydrogens (tertiary/aromatic N) is 2. The molecule has 2 bridgehead atoms. The van der Waals surface area contributed by atoms with E-state index < -0.39 is 0 Å². The molecule has 0 N–H and O–H groups in total. The standard InChI is InChI=1S/C51H44N2/c1-33-27-35-29-34(2)51(37(28-33)30-35)46-20-10-8-18-42(46)43-25-23-39(31-47(43)51)52(48-22-12-14-36-13-6-7-17-41(36)48)40-24-26-45-44-19-9-11-21-49(44)53(50(45)32-40)38-15-4-3-5-16-38/h3-26,31-35,37H,27-30H2,1-2H3. The molecule has 2 saturated carbocycles. The number of hydrogen-bond donors (Lipinski definition) is 0. The summed E-state index contributed by atoms with van der Waals surface area (Å²) < 4.78 is 2.44. The Bertz CT molecular complexity index is 2690. The van der Waals surface area contributed by atoms with E-state index in [0.29, 0.717) is 11.8 Å². The van der Waals surface area contributed by atoms with Gasteiger partial charge in [0.25, 0.3) is 0 Å². The largest absolute Gasteiger partial charge is 0.310 e. The van der Waals surface area contributed by atoms with Crippen LogP contribution in [0.4, 0.5) is 17.1 Å². The van der Waals surface area contributed by atoms with Crippen molar-refractivity contribution in [1.82, 2.24) is 4.57 Å². The number of anilines is 3. The van der Waals surface area contributed by atoms with Crippen molar-refractivity contribution >= 4 is 49.6 Å². The SMILES string of the molecule is CC1CC2CC(C)C3(c4ccccc4-c4ccc(N(c5ccc6c7ccccc7n(-c7ccccc7)c6c5)c5cccc6ccccc56)cc43)C(C1)C2. The molecule has 258 valence electrons. The fourth-order valence-corrected chi connectivity index (χ4v) is 11.6. The van der Waals surface area contributed by atoms with Crippen molar-refractivity contribution < 1.29 is 0 Å². The van der Waals surface area contributed by atoms with Gasteiger partial charge in [-0.2, -0.15) is 0 Å². The van der Waals surface area contributed by atoms with E-state index in [0.717, 1.165) is 11.8 Å². The quantitative estimate of drug-likeness (QED) is 0.179. The zero-order valence-corrected chi connectivity index (χ0v) is 30.5. The summed E-state index contributed by atoms with van der Waals surface area (Å²) in [7, 11) is 0. The first-order chi connectivity index (χ1) is 26.1. The summed E-state index contributed by atoms with van der Waals surface area (Å²) in [4.78, 5) is 2.55. The van der Waals surface area contributed by atoms with Crippen LogP contribution >= 0.6 is 0 Å². The van der Waals surface area contributed by atoms with E-state index in [4.69, 9.17) is 0 Å². The summed E-state index contributed by atoms with van der Waals surface area (Å²) in [5, 5.41) is 5.06. The van der Waals surface area contributed by atoms with Crippen molar-refractivity contribution in [3.05, 3.63) is 169 Å². The Labute approximate surface area is 312 Å². The van der Waals surface area contributed by atoms with Crippen molar-refractivity contribution in [3.8, 4) is 16.8 Å². The van der Waals surface area contributed by atoms with Crippen LogP contribution < -0.4 is 4.90 Å². The Morgan fingerprint density at radius 2 is 1.23 bits per heavy atom. The van der Waals surface area contributed by atoms with Crippen LogP contribution in [0.5, 0.6) is 0 Å². The summed E-state index contributed by atoms with van der Waals surface area (Å²) in [6, 6.07) is 59.3. The molecule has 0 aliphatic heterocycles. The van der Waals surface area contributed by atoms with Crippen LogP contribution in [0.3, 0.4) is 0 Å². The number of fused-ring (bicyclic) bond motifs is 12. The van der Waals surface area contributed by atoms with E-state index in [1.54, 1.807) is 11.1 Å². The number of para-hydroxylation sites is 2. The van der Waals surface area contributed by atoms with Gasteiger partial charge in [-0.1, -0.05) is 123 Å². The Balaban J connectivity index is 1.18. The molecule has 5 unspecified atom stereocenters. The highest BCUT2D eigenvalue weighted by Gasteiger charge is 2.56. The highest BCUT2D eigenvalue weighted by Crippen LogP contribution is 2.65. The molecule has 7 aromatic carbocycles. The van der Waals surface area contributed by atoms with Crippen molar-refractivity contribution in [2.24, 2.45) is 23.7 Å². The monoisotopic (exact) mass is 684 g/mol. The first-order valence-electron chi connectivity index (χ1n) is 19.7. The smallest absolute Gasteiger partial charge is 0.0561 e. The van der Waals surface area contributed by atoms with Crippen molar-refractivity contribution in [2.75, 3.05) is 4.90 Å². The molecule has 1 aromatic heterocycles. The average molecular weight is 685 g/mol. The van der Waals surface area contributed by atoms with Crippen LogP contribution in [-0.4, -0.2) is 4.57 Å². The molecular weight excluding hydrogens is 641 g/mol. The summed E-state index contributed by atoms with van der Waals surface area (Å²) in [6.45, 7) is 5.08. The fraction of sp³-hybridized carbons (Fsp3) is 0.216. The summed E-state index contributed by atoms with van der Waals surface area (Å²) >= 11 is 0. The van der Waals surface area contributed by atoms with Gasteiger partial charge in [-0.15, -0.1) is 0 Å². The molecule has 2 heteroatoms. The molecule has 0 saturated heterocycles. The Kier molecular flexibility index (Phi) is 6.84. The van der Waals surface area contributed by atoms with Crippen molar-refractivity contribution in [2.45, 2.75) is 44.9 Å². The van der Waals surface area contributed by atoms with Gasteiger partial charge in [0.15, 0.2) is 0 Å². The maximum absolute atomic E-state index is 2.62. The van der Waals surface area contributed by atoms with Crippen molar-refractivity contribution in [1.29, 1.82) is 0 Å². The minimum absolute atomic E-state index is 0.0290. The molecule has 0 amide bonds. The summed E-state index contributed by atoms with van der Waals surface area (Å²) in [6.07, 6.45) is 5.36. The highest BCUT2D eigenvalue weighted by atomic mass is 15.1. The van der Waals surface area contributed by atoms with Gasteiger partial charge in [0.05, 0.1) is 16.7 Å². The van der Waals surface area contributed by atoms with E-state index in [-0.39, 0.29) is 5.41 Å². The lowest BCUT2D eigenvalue weighted by Gasteiger charge is -2.54. The van der Waals surface area contributed by atoms with E-state index in [2.05, 4.69) is 181 Å². The molecule has 3 aliphatic rings. The van der Waals surface area contributed by atoms with Crippen LogP contribution in [0, 0.1) is 23.7 Å². The molecule has 3 aliphatic carbocycles. The molecule has 53 heavy (non-hydrogen) atoms. The maximum Gasteiger partial charge on any atom is 0.0561 e. The van der Waals surface area contributed by atoms with Gasteiger partial charge in [-0.3, -0.25) is 0 Å². The van der Waals surface area contributed by atoms with Gasteiger partial charge in [0.2, 0.25) is 0 Å². The van der Waals surface area contributed by atoms with Gasteiger partial charge < -0.3 is 9.47 Å². The lowest BCUT2D eigenvalue weighted by molar-refractivity contribution is 0.0426. The average Bonchev–Trinajstić information content (AvgIpc) is 3.68. The van der Waals surface area contributed by atoms with Crippen LogP contribution in [0.15, 0.2) is 158 Å². The Morgan fingerprint density at radius 3 is 2.13 bits per heavy atom. The molecule has 2 fully saturated rings. The Hall–Kier alpha value is -5.60. The summed E-state index contributed by atoms with van der Waals surface area (Å²) in [5.41, 5.74) is 13.3. The predicted octanol–water partition coefficient (Wildman–Crippen LogP) is 13.8. The number of rotatable bonds is 4. The topological polar surface area (TPSA) is 8.17 Å². The van der Waals surface area contributed by atoms with Crippen LogP contribution in [-0.2, 0) is 5.41 Å². The second-order valence-electron chi connectivity index (χ2n) is 16.4. The van der Waals surface area contributed by atoms with Crippen LogP contribution in [0.2, 0.25) is 0 Å². The zero-order valence-electron chi connectivity index (χ0n) is 30.5. The van der Waals surface area contributed by atoms with E-state index in [1.807, 2.05) is 0 Å². The minimum atomic E-state index is 0.0290. The lowest BCUT2D eigenvalue weighted by Crippen LogP contribution is -2.49. The third-order valence-corrected chi connectivity index (χ3v) is 13.5. The van der Waals surface area contributed by atoms with Crippen molar-refractivity contribution in [3.63, 3.8) is 0 Å². The van der Waals surface area contributed by atoms with Gasteiger partial charge in [-0.25, -0.2) is 0 Å². The first-order valence-corrected chi connectivity index (χ1v) is 19.7. The normalized spacial score (nSPS) is 23.1. The minimum Gasteiger partial charge on any atom is -0.310 e.